The molecule has 0 aliphatic rings. The second-order valence-corrected chi connectivity index (χ2v) is 4.12. The standard InChI is InChI=1S/C13H17N3O2/c1-10(8-9-17-2)14-13-15-12(18-16-13)11-6-4-3-5-7-11/h3-7,10H,8-9H2,1-2H3,(H,14,16). The molecule has 0 radical (unpaired) electrons. The molecule has 5 heteroatoms. The lowest BCUT2D eigenvalue weighted by molar-refractivity contribution is 0.191. The third-order valence-electron chi connectivity index (χ3n) is 2.58. The Kier molecular flexibility index (Phi) is 4.30. The van der Waals surface area contributed by atoms with Gasteiger partial charge in [0.05, 0.1) is 0 Å². The molecule has 0 aliphatic heterocycles. The van der Waals surface area contributed by atoms with Gasteiger partial charge in [-0.15, -0.1) is 0 Å². The molecule has 1 unspecified atom stereocenters. The van der Waals surface area contributed by atoms with Gasteiger partial charge in [0.2, 0.25) is 0 Å². The summed E-state index contributed by atoms with van der Waals surface area (Å²) >= 11 is 0. The largest absolute Gasteiger partial charge is 0.385 e. The Bertz CT molecular complexity index is 470. The first kappa shape index (κ1) is 12.6. The van der Waals surface area contributed by atoms with Gasteiger partial charge in [0, 0.05) is 25.3 Å². The van der Waals surface area contributed by atoms with E-state index in [1.54, 1.807) is 7.11 Å². The van der Waals surface area contributed by atoms with Crippen LogP contribution in [0.3, 0.4) is 0 Å². The number of aromatic nitrogens is 2. The van der Waals surface area contributed by atoms with Crippen molar-refractivity contribution in [2.75, 3.05) is 19.0 Å². The molecular formula is C13H17N3O2. The summed E-state index contributed by atoms with van der Waals surface area (Å²) in [6.07, 6.45) is 0.895. The normalized spacial score (nSPS) is 12.3. The van der Waals surface area contributed by atoms with Crippen molar-refractivity contribution in [3.05, 3.63) is 30.3 Å². The van der Waals surface area contributed by atoms with Crippen LogP contribution in [-0.4, -0.2) is 29.9 Å². The van der Waals surface area contributed by atoms with E-state index in [-0.39, 0.29) is 6.04 Å². The van der Waals surface area contributed by atoms with E-state index in [1.165, 1.54) is 0 Å². The number of rotatable bonds is 6. The smallest absolute Gasteiger partial charge is 0.263 e. The van der Waals surface area contributed by atoms with Gasteiger partial charge in [0.1, 0.15) is 0 Å². The summed E-state index contributed by atoms with van der Waals surface area (Å²) in [5, 5.41) is 7.07. The highest BCUT2D eigenvalue weighted by Gasteiger charge is 2.10. The van der Waals surface area contributed by atoms with Gasteiger partial charge < -0.3 is 14.6 Å². The first-order valence-electron chi connectivity index (χ1n) is 5.94. The van der Waals surface area contributed by atoms with Crippen molar-refractivity contribution in [3.63, 3.8) is 0 Å². The van der Waals surface area contributed by atoms with Crippen LogP contribution in [0, 0.1) is 0 Å². The van der Waals surface area contributed by atoms with Crippen LogP contribution in [0.4, 0.5) is 5.95 Å². The van der Waals surface area contributed by atoms with E-state index in [9.17, 15) is 0 Å². The summed E-state index contributed by atoms with van der Waals surface area (Å²) in [4.78, 5) is 4.30. The maximum absolute atomic E-state index is 5.20. The number of ether oxygens (including phenoxy) is 1. The van der Waals surface area contributed by atoms with E-state index >= 15 is 0 Å². The van der Waals surface area contributed by atoms with Crippen LogP contribution in [-0.2, 0) is 4.74 Å². The van der Waals surface area contributed by atoms with Crippen LogP contribution in [0.2, 0.25) is 0 Å². The number of nitrogens with zero attached hydrogens (tertiary/aromatic N) is 2. The maximum atomic E-state index is 5.20. The Morgan fingerprint density at radius 2 is 2.11 bits per heavy atom. The summed E-state index contributed by atoms with van der Waals surface area (Å²) in [6.45, 7) is 2.76. The van der Waals surface area contributed by atoms with Gasteiger partial charge in [-0.05, 0) is 30.6 Å². The quantitative estimate of drug-likeness (QED) is 0.850. The highest BCUT2D eigenvalue weighted by Crippen LogP contribution is 2.18. The molecule has 0 amide bonds. The van der Waals surface area contributed by atoms with Crippen LogP contribution in [0.25, 0.3) is 11.5 Å². The zero-order valence-electron chi connectivity index (χ0n) is 10.6. The van der Waals surface area contributed by atoms with Crippen molar-refractivity contribution in [1.82, 2.24) is 10.1 Å². The molecule has 0 spiro atoms. The van der Waals surface area contributed by atoms with E-state index in [0.717, 1.165) is 12.0 Å². The lowest BCUT2D eigenvalue weighted by Gasteiger charge is -2.10. The molecule has 0 fully saturated rings. The number of nitrogens with one attached hydrogen (secondary N) is 1. The summed E-state index contributed by atoms with van der Waals surface area (Å²) < 4.78 is 10.2. The Balaban J connectivity index is 1.98. The highest BCUT2D eigenvalue weighted by molar-refractivity contribution is 5.53. The van der Waals surface area contributed by atoms with Crippen molar-refractivity contribution in [3.8, 4) is 11.5 Å². The van der Waals surface area contributed by atoms with Crippen molar-refractivity contribution in [2.45, 2.75) is 19.4 Å². The number of hydrogen-bond acceptors (Lipinski definition) is 5. The minimum absolute atomic E-state index is 0.242. The molecule has 2 aromatic rings. The summed E-state index contributed by atoms with van der Waals surface area (Å²) in [5.41, 5.74) is 0.919. The number of hydrogen-bond donors (Lipinski definition) is 1. The van der Waals surface area contributed by atoms with Crippen molar-refractivity contribution in [1.29, 1.82) is 0 Å². The van der Waals surface area contributed by atoms with Crippen molar-refractivity contribution in [2.24, 2.45) is 0 Å². The first-order valence-corrected chi connectivity index (χ1v) is 5.94. The minimum Gasteiger partial charge on any atom is -0.385 e. The molecule has 1 aromatic heterocycles. The zero-order chi connectivity index (χ0) is 12.8. The van der Waals surface area contributed by atoms with Gasteiger partial charge in [0.25, 0.3) is 11.8 Å². The third-order valence-corrected chi connectivity index (χ3v) is 2.58. The average Bonchev–Trinajstić information content (AvgIpc) is 2.86. The molecule has 0 saturated carbocycles. The second-order valence-electron chi connectivity index (χ2n) is 4.12. The Hall–Kier alpha value is -1.88. The van der Waals surface area contributed by atoms with Crippen molar-refractivity contribution >= 4 is 5.95 Å². The number of anilines is 1. The zero-order valence-corrected chi connectivity index (χ0v) is 10.6. The SMILES string of the molecule is COCCC(C)Nc1noc(-c2ccccc2)n1. The predicted octanol–water partition coefficient (Wildman–Crippen LogP) is 2.57. The number of benzene rings is 1. The van der Waals surface area contributed by atoms with Gasteiger partial charge in [0.15, 0.2) is 0 Å². The Morgan fingerprint density at radius 1 is 1.33 bits per heavy atom. The minimum atomic E-state index is 0.242. The molecule has 0 aliphatic carbocycles. The Morgan fingerprint density at radius 3 is 2.83 bits per heavy atom. The van der Waals surface area contributed by atoms with E-state index in [2.05, 4.69) is 22.4 Å². The van der Waals surface area contributed by atoms with Crippen LogP contribution in [0.5, 0.6) is 0 Å². The third kappa shape index (κ3) is 3.30. The summed E-state index contributed by atoms with van der Waals surface area (Å²) in [5.74, 6) is 1.04. The molecule has 5 nitrogen and oxygen atoms in total. The van der Waals surface area contributed by atoms with Crippen molar-refractivity contribution < 1.29 is 9.26 Å². The molecule has 0 bridgehead atoms. The molecule has 2 rings (SSSR count). The maximum Gasteiger partial charge on any atom is 0.263 e. The fourth-order valence-electron chi connectivity index (χ4n) is 1.57. The summed E-state index contributed by atoms with van der Waals surface area (Å²) in [6, 6.07) is 9.94. The van der Waals surface area contributed by atoms with E-state index in [0.29, 0.717) is 18.4 Å². The average molecular weight is 247 g/mol. The first-order chi connectivity index (χ1) is 8.79. The highest BCUT2D eigenvalue weighted by atomic mass is 16.5. The van der Waals surface area contributed by atoms with Gasteiger partial charge in [-0.1, -0.05) is 18.2 Å². The molecule has 96 valence electrons. The second kappa shape index (κ2) is 6.16. The predicted molar refractivity (Wildman–Crippen MR) is 69.3 cm³/mol. The van der Waals surface area contributed by atoms with Gasteiger partial charge in [-0.2, -0.15) is 4.98 Å². The van der Waals surface area contributed by atoms with Crippen LogP contribution in [0.15, 0.2) is 34.9 Å². The monoisotopic (exact) mass is 247 g/mol. The number of methoxy groups -OCH3 is 1. The Labute approximate surface area is 106 Å². The molecule has 0 saturated heterocycles. The lowest BCUT2D eigenvalue weighted by atomic mass is 10.2. The lowest BCUT2D eigenvalue weighted by Crippen LogP contribution is -2.17. The molecule has 1 N–H and O–H groups in total. The molecule has 1 atom stereocenters. The molecule has 1 heterocycles. The fourth-order valence-corrected chi connectivity index (χ4v) is 1.57. The van der Waals surface area contributed by atoms with Crippen LogP contribution < -0.4 is 5.32 Å². The van der Waals surface area contributed by atoms with Gasteiger partial charge in [-0.3, -0.25) is 0 Å². The van der Waals surface area contributed by atoms with Crippen LogP contribution >= 0.6 is 0 Å². The molecule has 18 heavy (non-hydrogen) atoms. The van der Waals surface area contributed by atoms with Gasteiger partial charge >= 0.3 is 0 Å². The van der Waals surface area contributed by atoms with Crippen LogP contribution in [0.1, 0.15) is 13.3 Å². The fraction of sp³-hybridized carbons (Fsp3) is 0.385. The molecular weight excluding hydrogens is 230 g/mol. The topological polar surface area (TPSA) is 60.2 Å². The van der Waals surface area contributed by atoms with Gasteiger partial charge in [-0.25, -0.2) is 0 Å². The van der Waals surface area contributed by atoms with E-state index in [4.69, 9.17) is 9.26 Å². The van der Waals surface area contributed by atoms with E-state index < -0.39 is 0 Å². The van der Waals surface area contributed by atoms with E-state index in [1.807, 2.05) is 30.3 Å². The summed E-state index contributed by atoms with van der Waals surface area (Å²) in [7, 11) is 1.69. The molecule has 1 aromatic carbocycles.